The van der Waals surface area contributed by atoms with E-state index >= 15 is 0 Å². The highest BCUT2D eigenvalue weighted by atomic mass is 35.5. The number of amides is 1. The lowest BCUT2D eigenvalue weighted by atomic mass is 10.2. The second kappa shape index (κ2) is 4.67. The Kier molecular flexibility index (Phi) is 3.72. The van der Waals surface area contributed by atoms with E-state index in [2.05, 4.69) is 0 Å². The lowest BCUT2D eigenvalue weighted by Gasteiger charge is -2.11. The number of carbonyl (C=O) groups is 1. The van der Waals surface area contributed by atoms with E-state index in [1.54, 1.807) is 0 Å². The lowest BCUT2D eigenvalue weighted by Crippen LogP contribution is -2.22. The fraction of sp³-hybridized carbons (Fsp3) is 0.222. The highest BCUT2D eigenvalue weighted by molar-refractivity contribution is 6.40. The molecule has 0 saturated carbocycles. The van der Waals surface area contributed by atoms with Gasteiger partial charge in [0.15, 0.2) is 0 Å². The largest absolute Gasteiger partial charge is 0.345 e. The Morgan fingerprint density at radius 2 is 1.94 bits per heavy atom. The Bertz CT molecular complexity index is 460. The third kappa shape index (κ3) is 2.25. The Morgan fingerprint density at radius 1 is 1.38 bits per heavy atom. The van der Waals surface area contributed by atoms with Crippen LogP contribution in [0.3, 0.4) is 0 Å². The SMILES string of the molecule is CN(C)C(=O)c1ccc(Cl)c([N+](=O)[O-])c1Cl. The molecule has 0 aromatic heterocycles. The van der Waals surface area contributed by atoms with Crippen LogP contribution in [0.4, 0.5) is 5.69 Å². The summed E-state index contributed by atoms with van der Waals surface area (Å²) in [5.74, 6) is -0.412. The molecule has 1 aromatic rings. The minimum absolute atomic E-state index is 0.0581. The van der Waals surface area contributed by atoms with Crippen molar-refractivity contribution in [3.63, 3.8) is 0 Å². The molecule has 86 valence electrons. The van der Waals surface area contributed by atoms with Gasteiger partial charge in [0.2, 0.25) is 0 Å². The van der Waals surface area contributed by atoms with Crippen molar-refractivity contribution in [2.24, 2.45) is 0 Å². The highest BCUT2D eigenvalue weighted by Gasteiger charge is 2.24. The van der Waals surface area contributed by atoms with E-state index < -0.39 is 16.5 Å². The molecule has 1 amide bonds. The standard InChI is InChI=1S/C9H8Cl2N2O3/c1-12(2)9(14)5-3-4-6(10)8(7(5)11)13(15)16/h3-4H,1-2H3. The molecular weight excluding hydrogens is 255 g/mol. The van der Waals surface area contributed by atoms with Gasteiger partial charge in [0.1, 0.15) is 10.0 Å². The van der Waals surface area contributed by atoms with Crippen molar-refractivity contribution in [2.45, 2.75) is 0 Å². The number of halogens is 2. The molecule has 1 rings (SSSR count). The zero-order valence-electron chi connectivity index (χ0n) is 8.53. The molecule has 0 heterocycles. The van der Waals surface area contributed by atoms with E-state index in [4.69, 9.17) is 23.2 Å². The van der Waals surface area contributed by atoms with Gasteiger partial charge in [-0.25, -0.2) is 0 Å². The second-order valence-electron chi connectivity index (χ2n) is 3.21. The summed E-state index contributed by atoms with van der Waals surface area (Å²) in [5.41, 5.74) is -0.390. The van der Waals surface area contributed by atoms with E-state index in [1.165, 1.54) is 31.1 Å². The third-order valence-corrected chi connectivity index (χ3v) is 2.57. The van der Waals surface area contributed by atoms with Gasteiger partial charge in [-0.15, -0.1) is 0 Å². The van der Waals surface area contributed by atoms with Crippen LogP contribution in [0.25, 0.3) is 0 Å². The van der Waals surface area contributed by atoms with Crippen molar-refractivity contribution in [2.75, 3.05) is 14.1 Å². The maximum atomic E-state index is 11.6. The Labute approximate surface area is 102 Å². The molecule has 0 atom stereocenters. The van der Waals surface area contributed by atoms with Crippen molar-refractivity contribution in [1.82, 2.24) is 4.90 Å². The number of rotatable bonds is 2. The van der Waals surface area contributed by atoms with Crippen LogP contribution in [0.2, 0.25) is 10.0 Å². The van der Waals surface area contributed by atoms with Crippen molar-refractivity contribution >= 4 is 34.8 Å². The smallest absolute Gasteiger partial charge is 0.307 e. The lowest BCUT2D eigenvalue weighted by molar-refractivity contribution is -0.384. The van der Waals surface area contributed by atoms with Crippen molar-refractivity contribution < 1.29 is 9.72 Å². The molecule has 0 aliphatic rings. The van der Waals surface area contributed by atoms with Gasteiger partial charge in [-0.2, -0.15) is 0 Å². The number of hydrogen-bond acceptors (Lipinski definition) is 3. The zero-order chi connectivity index (χ0) is 12.5. The molecule has 0 aliphatic heterocycles. The fourth-order valence-electron chi connectivity index (χ4n) is 1.11. The molecule has 0 N–H and O–H groups in total. The molecule has 0 saturated heterocycles. The van der Waals surface area contributed by atoms with Gasteiger partial charge in [-0.1, -0.05) is 23.2 Å². The maximum absolute atomic E-state index is 11.6. The minimum atomic E-state index is -0.711. The summed E-state index contributed by atoms with van der Waals surface area (Å²) >= 11 is 11.4. The van der Waals surface area contributed by atoms with E-state index in [-0.39, 0.29) is 15.6 Å². The van der Waals surface area contributed by atoms with E-state index in [9.17, 15) is 14.9 Å². The predicted molar refractivity (Wildman–Crippen MR) is 61.1 cm³/mol. The van der Waals surface area contributed by atoms with Gasteiger partial charge in [0.25, 0.3) is 5.91 Å². The molecular formula is C9H8Cl2N2O3. The van der Waals surface area contributed by atoms with Crippen LogP contribution in [0.1, 0.15) is 10.4 Å². The molecule has 0 aliphatic carbocycles. The Balaban J connectivity index is 3.40. The first-order valence-electron chi connectivity index (χ1n) is 4.20. The molecule has 16 heavy (non-hydrogen) atoms. The number of nitro groups is 1. The summed E-state index contributed by atoms with van der Waals surface area (Å²) < 4.78 is 0. The molecule has 1 aromatic carbocycles. The quantitative estimate of drug-likeness (QED) is 0.608. The highest BCUT2D eigenvalue weighted by Crippen LogP contribution is 2.35. The normalized spacial score (nSPS) is 10.0. The van der Waals surface area contributed by atoms with Gasteiger partial charge in [0.05, 0.1) is 10.5 Å². The van der Waals surface area contributed by atoms with E-state index in [1.807, 2.05) is 0 Å². The summed E-state index contributed by atoms with van der Waals surface area (Å²) in [6.07, 6.45) is 0. The minimum Gasteiger partial charge on any atom is -0.345 e. The molecule has 7 heteroatoms. The van der Waals surface area contributed by atoms with Crippen molar-refractivity contribution in [1.29, 1.82) is 0 Å². The summed E-state index contributed by atoms with van der Waals surface area (Å²) in [6.45, 7) is 0. The number of carbonyl (C=O) groups excluding carboxylic acids is 1. The zero-order valence-corrected chi connectivity index (χ0v) is 10.0. The predicted octanol–water partition coefficient (Wildman–Crippen LogP) is 2.60. The topological polar surface area (TPSA) is 63.5 Å². The van der Waals surface area contributed by atoms with Crippen LogP contribution < -0.4 is 0 Å². The summed E-state index contributed by atoms with van der Waals surface area (Å²) in [7, 11) is 3.05. The molecule has 0 bridgehead atoms. The number of hydrogen-bond donors (Lipinski definition) is 0. The number of nitro benzene ring substituents is 1. The first kappa shape index (κ1) is 12.7. The Hall–Kier alpha value is -1.33. The first-order chi connectivity index (χ1) is 7.36. The van der Waals surface area contributed by atoms with E-state index in [0.29, 0.717) is 0 Å². The molecule has 5 nitrogen and oxygen atoms in total. The number of benzene rings is 1. The van der Waals surface area contributed by atoms with Gasteiger partial charge >= 0.3 is 5.69 Å². The third-order valence-electron chi connectivity index (χ3n) is 1.89. The average Bonchev–Trinajstić information content (AvgIpc) is 2.16. The van der Waals surface area contributed by atoms with Gasteiger partial charge < -0.3 is 4.90 Å². The number of nitrogens with zero attached hydrogens (tertiary/aromatic N) is 2. The summed E-state index contributed by atoms with van der Waals surface area (Å²) in [4.78, 5) is 22.9. The maximum Gasteiger partial charge on any atom is 0.307 e. The monoisotopic (exact) mass is 262 g/mol. The second-order valence-corrected chi connectivity index (χ2v) is 4.00. The van der Waals surface area contributed by atoms with Crippen LogP contribution in [-0.2, 0) is 0 Å². The fourth-order valence-corrected chi connectivity index (χ4v) is 1.70. The van der Waals surface area contributed by atoms with Gasteiger partial charge in [-0.05, 0) is 12.1 Å². The molecule has 0 spiro atoms. The van der Waals surface area contributed by atoms with Crippen LogP contribution >= 0.6 is 23.2 Å². The van der Waals surface area contributed by atoms with Gasteiger partial charge in [-0.3, -0.25) is 14.9 Å². The van der Waals surface area contributed by atoms with Crippen molar-refractivity contribution in [3.8, 4) is 0 Å². The van der Waals surface area contributed by atoms with Crippen LogP contribution in [-0.4, -0.2) is 29.8 Å². The molecule has 0 radical (unpaired) electrons. The Morgan fingerprint density at radius 3 is 2.38 bits per heavy atom. The summed E-state index contributed by atoms with van der Waals surface area (Å²) in [6, 6.07) is 2.64. The first-order valence-corrected chi connectivity index (χ1v) is 4.96. The average molecular weight is 263 g/mol. The molecule has 0 unspecified atom stereocenters. The van der Waals surface area contributed by atoms with E-state index in [0.717, 1.165) is 0 Å². The van der Waals surface area contributed by atoms with Crippen LogP contribution in [0.5, 0.6) is 0 Å². The summed E-state index contributed by atoms with van der Waals surface area (Å²) in [5, 5.41) is 10.4. The van der Waals surface area contributed by atoms with Crippen LogP contribution in [0, 0.1) is 10.1 Å². The molecule has 0 fully saturated rings. The van der Waals surface area contributed by atoms with Gasteiger partial charge in [0, 0.05) is 14.1 Å². The van der Waals surface area contributed by atoms with Crippen molar-refractivity contribution in [3.05, 3.63) is 37.9 Å². The van der Waals surface area contributed by atoms with Crippen LogP contribution in [0.15, 0.2) is 12.1 Å².